The van der Waals surface area contributed by atoms with E-state index in [0.29, 0.717) is 0 Å². The normalized spacial score (nSPS) is 14.3. The Balaban J connectivity index is 0.000000300. The van der Waals surface area contributed by atoms with Crippen LogP contribution in [-0.2, 0) is 0 Å². The Labute approximate surface area is 193 Å². The Morgan fingerprint density at radius 1 is 0.438 bits per heavy atom. The van der Waals surface area contributed by atoms with Gasteiger partial charge in [0.25, 0.3) is 0 Å². The third kappa shape index (κ3) is 4.87. The van der Waals surface area contributed by atoms with Gasteiger partial charge in [-0.25, -0.2) is 0 Å². The molecule has 162 valence electrons. The lowest BCUT2D eigenvalue weighted by Gasteiger charge is -2.44. The molecular weight excluding hydrogens is 385 g/mol. The van der Waals surface area contributed by atoms with Crippen LogP contribution < -0.4 is 27.6 Å². The third-order valence-electron chi connectivity index (χ3n) is 6.92. The van der Waals surface area contributed by atoms with Crippen LogP contribution in [0.25, 0.3) is 0 Å². The molecule has 0 radical (unpaired) electrons. The van der Waals surface area contributed by atoms with Crippen LogP contribution in [0.3, 0.4) is 0 Å². The highest BCUT2D eigenvalue weighted by atomic mass is 14.6. The summed E-state index contributed by atoms with van der Waals surface area (Å²) in [7, 11) is 0. The third-order valence-corrected chi connectivity index (χ3v) is 6.92. The molecule has 5 rings (SSSR count). The molecule has 0 bridgehead atoms. The zero-order valence-electron chi connectivity index (χ0n) is 18.9. The van der Waals surface area contributed by atoms with Gasteiger partial charge in [-0.3, -0.25) is 0 Å². The highest BCUT2D eigenvalue weighted by Gasteiger charge is 2.30. The molecule has 1 aliphatic carbocycles. The van der Waals surface area contributed by atoms with Gasteiger partial charge in [0.1, 0.15) is 6.15 Å². The zero-order valence-corrected chi connectivity index (χ0v) is 18.9. The van der Waals surface area contributed by atoms with E-state index < -0.39 is 6.15 Å². The first-order valence-electron chi connectivity index (χ1n) is 12.0. The van der Waals surface area contributed by atoms with Crippen molar-refractivity contribution in [3.8, 4) is 0 Å². The van der Waals surface area contributed by atoms with Gasteiger partial charge in [0.05, 0.1) is 6.04 Å². The SMILES string of the molecule is [NH3+]C1CCCCC1.c1ccc([B-](c2ccccc2)(c2ccccc2)c2ccccc2)cc1. The Kier molecular flexibility index (Phi) is 7.58. The van der Waals surface area contributed by atoms with Crippen LogP contribution in [0, 0.1) is 0 Å². The smallest absolute Gasteiger partial charge is 0.108 e. The average Bonchev–Trinajstić information content (AvgIpc) is 2.88. The molecule has 3 N–H and O–H groups in total. The molecule has 2 heteroatoms. The molecule has 0 aliphatic heterocycles. The Morgan fingerprint density at radius 2 is 0.719 bits per heavy atom. The number of hydrogen-bond acceptors (Lipinski definition) is 0. The molecule has 0 amide bonds. The number of rotatable bonds is 4. The van der Waals surface area contributed by atoms with Crippen LogP contribution in [0.1, 0.15) is 32.1 Å². The summed E-state index contributed by atoms with van der Waals surface area (Å²) in [5.74, 6) is 0. The van der Waals surface area contributed by atoms with Crippen LogP contribution in [0.15, 0.2) is 121 Å². The van der Waals surface area contributed by atoms with Crippen molar-refractivity contribution < 1.29 is 5.73 Å². The minimum absolute atomic E-state index is 0.786. The maximum Gasteiger partial charge on any atom is 0.108 e. The Bertz CT molecular complexity index is 880. The molecule has 1 aliphatic rings. The lowest BCUT2D eigenvalue weighted by Crippen LogP contribution is -2.74. The maximum atomic E-state index is 4.00. The van der Waals surface area contributed by atoms with Gasteiger partial charge in [-0.1, -0.05) is 128 Å². The van der Waals surface area contributed by atoms with E-state index in [-0.39, 0.29) is 0 Å². The summed E-state index contributed by atoms with van der Waals surface area (Å²) in [4.78, 5) is 0. The minimum Gasteiger partial charge on any atom is -0.355 e. The van der Waals surface area contributed by atoms with E-state index in [2.05, 4.69) is 127 Å². The van der Waals surface area contributed by atoms with E-state index in [1.54, 1.807) is 0 Å². The fraction of sp³-hybridized carbons (Fsp3) is 0.200. The first-order chi connectivity index (χ1) is 15.8. The molecule has 0 heterocycles. The summed E-state index contributed by atoms with van der Waals surface area (Å²) in [6, 6.07) is 44.3. The summed E-state index contributed by atoms with van der Waals surface area (Å²) in [6.45, 7) is 0. The van der Waals surface area contributed by atoms with Crippen molar-refractivity contribution >= 4 is 28.0 Å². The molecule has 0 aromatic heterocycles. The van der Waals surface area contributed by atoms with Crippen molar-refractivity contribution in [2.24, 2.45) is 0 Å². The van der Waals surface area contributed by atoms with Crippen LogP contribution in [0.4, 0.5) is 0 Å². The van der Waals surface area contributed by atoms with Gasteiger partial charge in [-0.15, -0.1) is 0 Å². The van der Waals surface area contributed by atoms with E-state index in [9.17, 15) is 0 Å². The van der Waals surface area contributed by atoms with Crippen LogP contribution >= 0.6 is 0 Å². The first-order valence-corrected chi connectivity index (χ1v) is 12.0. The molecular formula is C30H34BN. The van der Waals surface area contributed by atoms with E-state index in [1.807, 2.05) is 0 Å². The highest BCUT2D eigenvalue weighted by molar-refractivity contribution is 7.19. The lowest BCUT2D eigenvalue weighted by molar-refractivity contribution is -0.425. The molecule has 4 aromatic carbocycles. The standard InChI is InChI=1S/C24H20B.C6H13N/c1-5-13-21(14-6-1)25(22-15-7-2-8-16-22,23-17-9-3-10-18-23)24-19-11-4-12-20-24;7-6-4-2-1-3-5-6/h1-20H;6H,1-5,7H2/q-1;/p+1. The minimum atomic E-state index is -1.22. The number of hydrogen-bond donors (Lipinski definition) is 1. The number of quaternary nitrogens is 1. The summed E-state index contributed by atoms with van der Waals surface area (Å²) < 4.78 is 0. The molecule has 1 saturated carbocycles. The van der Waals surface area contributed by atoms with Gasteiger partial charge in [-0.05, 0) is 25.7 Å². The summed E-state index contributed by atoms with van der Waals surface area (Å²) in [6.07, 6.45) is 5.83. The number of benzene rings is 4. The van der Waals surface area contributed by atoms with Crippen LogP contribution in [0.2, 0.25) is 0 Å². The van der Waals surface area contributed by atoms with Gasteiger partial charge in [0.2, 0.25) is 0 Å². The van der Waals surface area contributed by atoms with Crippen molar-refractivity contribution in [2.75, 3.05) is 0 Å². The molecule has 4 aromatic rings. The van der Waals surface area contributed by atoms with Crippen molar-refractivity contribution in [2.45, 2.75) is 38.1 Å². The van der Waals surface area contributed by atoms with E-state index >= 15 is 0 Å². The molecule has 32 heavy (non-hydrogen) atoms. The van der Waals surface area contributed by atoms with E-state index in [4.69, 9.17) is 0 Å². The van der Waals surface area contributed by atoms with Crippen molar-refractivity contribution in [1.29, 1.82) is 0 Å². The summed E-state index contributed by atoms with van der Waals surface area (Å²) in [5.41, 5.74) is 9.35. The largest absolute Gasteiger partial charge is 0.355 e. The topological polar surface area (TPSA) is 27.6 Å². The molecule has 1 nitrogen and oxygen atoms in total. The summed E-state index contributed by atoms with van der Waals surface area (Å²) in [5, 5.41) is 0. The van der Waals surface area contributed by atoms with Gasteiger partial charge in [0.15, 0.2) is 0 Å². The fourth-order valence-corrected chi connectivity index (χ4v) is 5.31. The second-order valence-corrected chi connectivity index (χ2v) is 9.01. The maximum absolute atomic E-state index is 4.00. The van der Waals surface area contributed by atoms with Gasteiger partial charge >= 0.3 is 0 Å². The van der Waals surface area contributed by atoms with Gasteiger partial charge < -0.3 is 5.73 Å². The second-order valence-electron chi connectivity index (χ2n) is 9.01. The summed E-state index contributed by atoms with van der Waals surface area (Å²) >= 11 is 0. The molecule has 0 spiro atoms. The zero-order chi connectivity index (χ0) is 22.1. The monoisotopic (exact) mass is 419 g/mol. The van der Waals surface area contributed by atoms with Crippen LogP contribution in [-0.4, -0.2) is 12.2 Å². The Morgan fingerprint density at radius 3 is 0.938 bits per heavy atom. The predicted octanol–water partition coefficient (Wildman–Crippen LogP) is 3.63. The van der Waals surface area contributed by atoms with Crippen molar-refractivity contribution in [1.82, 2.24) is 0 Å². The second kappa shape index (κ2) is 11.0. The quantitative estimate of drug-likeness (QED) is 0.490. The molecule has 0 saturated heterocycles. The highest BCUT2D eigenvalue weighted by Crippen LogP contribution is 2.13. The average molecular weight is 419 g/mol. The van der Waals surface area contributed by atoms with E-state index in [1.165, 1.54) is 54.0 Å². The predicted molar refractivity (Wildman–Crippen MR) is 140 cm³/mol. The van der Waals surface area contributed by atoms with Crippen LogP contribution in [0.5, 0.6) is 0 Å². The van der Waals surface area contributed by atoms with Gasteiger partial charge in [0, 0.05) is 0 Å². The lowest BCUT2D eigenvalue weighted by atomic mass is 9.13. The Hall–Kier alpha value is -3.10. The fourth-order valence-electron chi connectivity index (χ4n) is 5.31. The molecule has 1 fully saturated rings. The molecule has 0 unspecified atom stereocenters. The van der Waals surface area contributed by atoms with Crippen molar-refractivity contribution in [3.63, 3.8) is 0 Å². The van der Waals surface area contributed by atoms with Gasteiger partial charge in [-0.2, -0.15) is 21.9 Å². The first kappa shape index (κ1) is 22.1. The van der Waals surface area contributed by atoms with E-state index in [0.717, 1.165) is 6.04 Å². The molecule has 0 atom stereocenters. The van der Waals surface area contributed by atoms with Crippen molar-refractivity contribution in [3.05, 3.63) is 121 Å².